The molecule has 0 saturated heterocycles. The third-order valence-electron chi connectivity index (χ3n) is 5.55. The smallest absolute Gasteiger partial charge is 0.251 e. The zero-order valence-electron chi connectivity index (χ0n) is 15.6. The number of carbonyl (C=O) groups excluding carboxylic acids is 1. The van der Waals surface area contributed by atoms with Crippen molar-refractivity contribution in [3.63, 3.8) is 0 Å². The molecule has 0 radical (unpaired) electrons. The van der Waals surface area contributed by atoms with E-state index < -0.39 is 0 Å². The summed E-state index contributed by atoms with van der Waals surface area (Å²) < 4.78 is 4.51. The van der Waals surface area contributed by atoms with Crippen molar-refractivity contribution in [1.82, 2.24) is 19.4 Å². The number of hydrogen-bond acceptors (Lipinski definition) is 3. The summed E-state index contributed by atoms with van der Waals surface area (Å²) >= 11 is 0. The number of aromatic nitrogens is 3. The van der Waals surface area contributed by atoms with Crippen LogP contribution in [0.15, 0.2) is 30.3 Å². The molecule has 1 fully saturated rings. The number of benzene rings is 1. The molecule has 6 nitrogen and oxygen atoms in total. The van der Waals surface area contributed by atoms with Crippen molar-refractivity contribution in [3.05, 3.63) is 41.5 Å². The largest absolute Gasteiger partial charge is 0.367 e. The van der Waals surface area contributed by atoms with Crippen LogP contribution in [0.5, 0.6) is 0 Å². The zero-order valence-corrected chi connectivity index (χ0v) is 15.6. The molecule has 27 heavy (non-hydrogen) atoms. The van der Waals surface area contributed by atoms with E-state index in [-0.39, 0.29) is 5.91 Å². The van der Waals surface area contributed by atoms with Crippen LogP contribution in [0.2, 0.25) is 0 Å². The molecule has 1 amide bonds. The molecule has 0 unspecified atom stereocenters. The van der Waals surface area contributed by atoms with Crippen LogP contribution in [0.3, 0.4) is 0 Å². The predicted molar refractivity (Wildman–Crippen MR) is 108 cm³/mol. The predicted octanol–water partition coefficient (Wildman–Crippen LogP) is 3.25. The number of aryl methyl sites for hydroxylation is 1. The van der Waals surface area contributed by atoms with Crippen LogP contribution in [-0.2, 0) is 13.6 Å². The first-order valence-corrected chi connectivity index (χ1v) is 9.48. The first kappa shape index (κ1) is 16.2. The van der Waals surface area contributed by atoms with Crippen LogP contribution in [0.25, 0.3) is 28.6 Å². The van der Waals surface area contributed by atoms with Crippen molar-refractivity contribution < 1.29 is 4.79 Å². The van der Waals surface area contributed by atoms with Gasteiger partial charge in [-0.05, 0) is 43.0 Å². The Morgan fingerprint density at radius 3 is 2.96 bits per heavy atom. The van der Waals surface area contributed by atoms with Crippen molar-refractivity contribution >= 4 is 28.8 Å². The van der Waals surface area contributed by atoms with Crippen LogP contribution < -0.4 is 10.6 Å². The SMILES string of the molecule is CNC(=O)c1ccc2c(c1)nc(-c1cc3c(n1CC1CC1)NCC=C3)n2C. The number of hydrogen-bond donors (Lipinski definition) is 2. The van der Waals surface area contributed by atoms with Crippen LogP contribution in [-0.4, -0.2) is 33.6 Å². The highest BCUT2D eigenvalue weighted by molar-refractivity contribution is 5.97. The molecule has 1 aliphatic carbocycles. The van der Waals surface area contributed by atoms with Gasteiger partial charge in [-0.25, -0.2) is 4.98 Å². The molecule has 0 bridgehead atoms. The summed E-state index contributed by atoms with van der Waals surface area (Å²) in [4.78, 5) is 16.9. The summed E-state index contributed by atoms with van der Waals surface area (Å²) in [5.41, 5.74) is 4.85. The van der Waals surface area contributed by atoms with Gasteiger partial charge in [0, 0.05) is 38.3 Å². The lowest BCUT2D eigenvalue weighted by atomic mass is 10.2. The van der Waals surface area contributed by atoms with E-state index in [0.717, 1.165) is 41.6 Å². The van der Waals surface area contributed by atoms with Crippen molar-refractivity contribution in [1.29, 1.82) is 0 Å². The normalized spacial score (nSPS) is 15.6. The van der Waals surface area contributed by atoms with E-state index in [1.54, 1.807) is 7.05 Å². The maximum atomic E-state index is 12.0. The van der Waals surface area contributed by atoms with Gasteiger partial charge in [0.2, 0.25) is 0 Å². The molecule has 0 atom stereocenters. The molecule has 138 valence electrons. The topological polar surface area (TPSA) is 63.9 Å². The van der Waals surface area contributed by atoms with Gasteiger partial charge in [-0.1, -0.05) is 12.2 Å². The lowest BCUT2D eigenvalue weighted by molar-refractivity contribution is 0.0963. The maximum Gasteiger partial charge on any atom is 0.251 e. The van der Waals surface area contributed by atoms with Crippen LogP contribution >= 0.6 is 0 Å². The van der Waals surface area contributed by atoms with Crippen LogP contribution in [0.1, 0.15) is 28.8 Å². The van der Waals surface area contributed by atoms with E-state index in [0.29, 0.717) is 5.56 Å². The fourth-order valence-corrected chi connectivity index (χ4v) is 3.88. The summed E-state index contributed by atoms with van der Waals surface area (Å²) in [5.74, 6) is 2.80. The fraction of sp³-hybridized carbons (Fsp3) is 0.333. The Hall–Kier alpha value is -3.02. The standard InChI is InChI=1S/C21H23N5O/c1-22-21(27)15-7-8-17-16(10-15)24-20(25(17)2)18-11-14-4-3-9-23-19(14)26(18)12-13-5-6-13/h3-4,7-8,10-11,13,23H,5-6,9,12H2,1-2H3,(H,22,27). The lowest BCUT2D eigenvalue weighted by Crippen LogP contribution is -2.17. The second-order valence-corrected chi connectivity index (χ2v) is 7.45. The van der Waals surface area contributed by atoms with Crippen molar-refractivity contribution in [2.45, 2.75) is 19.4 Å². The number of carbonyl (C=O) groups is 1. The van der Waals surface area contributed by atoms with Gasteiger partial charge in [-0.2, -0.15) is 0 Å². The molecule has 6 heteroatoms. The van der Waals surface area contributed by atoms with Crippen molar-refractivity contribution in [3.8, 4) is 11.5 Å². The Labute approximate surface area is 157 Å². The van der Waals surface area contributed by atoms with Crippen LogP contribution in [0, 0.1) is 5.92 Å². The average Bonchev–Trinajstić information content (AvgIpc) is 3.36. The highest BCUT2D eigenvalue weighted by Gasteiger charge is 2.27. The first-order valence-electron chi connectivity index (χ1n) is 9.48. The number of rotatable bonds is 4. The van der Waals surface area contributed by atoms with Gasteiger partial charge in [-0.3, -0.25) is 4.79 Å². The Balaban J connectivity index is 1.66. The summed E-state index contributed by atoms with van der Waals surface area (Å²) in [5, 5.41) is 6.20. The van der Waals surface area contributed by atoms with E-state index in [1.807, 2.05) is 25.2 Å². The number of nitrogens with zero attached hydrogens (tertiary/aromatic N) is 3. The highest BCUT2D eigenvalue weighted by atomic mass is 16.1. The van der Waals surface area contributed by atoms with E-state index in [2.05, 4.69) is 38.0 Å². The molecular weight excluding hydrogens is 338 g/mol. The first-order chi connectivity index (χ1) is 13.2. The van der Waals surface area contributed by atoms with Gasteiger partial charge in [0.25, 0.3) is 5.91 Å². The summed E-state index contributed by atoms with van der Waals surface area (Å²) in [6, 6.07) is 7.92. The van der Waals surface area contributed by atoms with Gasteiger partial charge in [-0.15, -0.1) is 0 Å². The Morgan fingerprint density at radius 1 is 1.33 bits per heavy atom. The second-order valence-electron chi connectivity index (χ2n) is 7.45. The third kappa shape index (κ3) is 2.63. The fourth-order valence-electron chi connectivity index (χ4n) is 3.88. The minimum atomic E-state index is -0.0917. The average molecular weight is 361 g/mol. The van der Waals surface area contributed by atoms with Gasteiger partial charge in [0.05, 0.1) is 16.7 Å². The van der Waals surface area contributed by atoms with Gasteiger partial charge in [0.1, 0.15) is 5.82 Å². The number of fused-ring (bicyclic) bond motifs is 2. The number of anilines is 1. The van der Waals surface area contributed by atoms with E-state index >= 15 is 0 Å². The van der Waals surface area contributed by atoms with Crippen molar-refractivity contribution in [2.24, 2.45) is 13.0 Å². The summed E-state index contributed by atoms with van der Waals surface area (Å²) in [6.45, 7) is 1.89. The lowest BCUT2D eigenvalue weighted by Gasteiger charge is -2.16. The van der Waals surface area contributed by atoms with Gasteiger partial charge >= 0.3 is 0 Å². The van der Waals surface area contributed by atoms with Crippen LogP contribution in [0.4, 0.5) is 5.82 Å². The summed E-state index contributed by atoms with van der Waals surface area (Å²) in [7, 11) is 3.69. The van der Waals surface area contributed by atoms with E-state index in [4.69, 9.17) is 4.98 Å². The molecule has 1 aromatic carbocycles. The number of amides is 1. The molecule has 5 rings (SSSR count). The number of nitrogens with one attached hydrogen (secondary N) is 2. The molecule has 2 N–H and O–H groups in total. The maximum absolute atomic E-state index is 12.0. The highest BCUT2D eigenvalue weighted by Crippen LogP contribution is 2.38. The molecule has 3 aromatic rings. The van der Waals surface area contributed by atoms with E-state index in [9.17, 15) is 4.79 Å². The van der Waals surface area contributed by atoms with Gasteiger partial charge in [0.15, 0.2) is 5.82 Å². The molecular formula is C21H23N5O. The minimum Gasteiger partial charge on any atom is -0.367 e. The molecule has 2 aromatic heterocycles. The minimum absolute atomic E-state index is 0.0917. The molecule has 2 aliphatic rings. The second kappa shape index (κ2) is 6.01. The quantitative estimate of drug-likeness (QED) is 0.750. The number of imidazole rings is 1. The van der Waals surface area contributed by atoms with Crippen molar-refractivity contribution in [2.75, 3.05) is 18.9 Å². The monoisotopic (exact) mass is 361 g/mol. The molecule has 0 spiro atoms. The third-order valence-corrected chi connectivity index (χ3v) is 5.55. The Bertz CT molecular complexity index is 1080. The van der Waals surface area contributed by atoms with Gasteiger partial charge < -0.3 is 19.8 Å². The van der Waals surface area contributed by atoms with E-state index in [1.165, 1.54) is 24.2 Å². The Kier molecular flexibility index (Phi) is 3.60. The Morgan fingerprint density at radius 2 is 2.19 bits per heavy atom. The molecule has 3 heterocycles. The molecule has 1 aliphatic heterocycles. The molecule has 1 saturated carbocycles. The summed E-state index contributed by atoms with van der Waals surface area (Å²) in [6.07, 6.45) is 6.95. The zero-order chi connectivity index (χ0) is 18.5.